The molecule has 204 valence electrons. The number of carbonyl (C=O) groups is 2. The third-order valence-electron chi connectivity index (χ3n) is 10.5. The molecule has 0 aromatic heterocycles. The molecule has 0 saturated heterocycles. The molecule has 0 aromatic carbocycles. The summed E-state index contributed by atoms with van der Waals surface area (Å²) in [6.07, 6.45) is 10.6. The van der Waals surface area contributed by atoms with E-state index in [2.05, 4.69) is 31.6 Å². The van der Waals surface area contributed by atoms with Crippen molar-refractivity contribution in [2.45, 2.75) is 84.3 Å². The number of rotatable bonds is 10. The molecule has 0 aliphatic heterocycles. The number of hydrogen-bond acceptors (Lipinski definition) is 7. The standard InChI is InChI=1S/C29H46O7/c1-18(13-24(30)27(31)34-6)21-7-8-22-26-23(10-12-29(21,22)3)28(2)11-9-20(35-16-32-4)14-19(28)15-25(26)36-17-33-5/h7,18-20,22-23,25-26H,8-17H2,1-6H3/t18-,19+,20-,22+,23?,25-,26?,28+,29-/m1/s1. The second kappa shape index (κ2) is 11.2. The molecule has 2 unspecified atom stereocenters. The summed E-state index contributed by atoms with van der Waals surface area (Å²) in [5.74, 6) is 0.939. The van der Waals surface area contributed by atoms with Crippen molar-refractivity contribution in [1.82, 2.24) is 0 Å². The van der Waals surface area contributed by atoms with Crippen molar-refractivity contribution in [3.8, 4) is 0 Å². The number of fused-ring (bicyclic) bond motifs is 5. The third kappa shape index (κ3) is 4.93. The quantitative estimate of drug-likeness (QED) is 0.180. The summed E-state index contributed by atoms with van der Waals surface area (Å²) in [7, 11) is 4.65. The molecule has 0 amide bonds. The number of esters is 1. The minimum atomic E-state index is -0.741. The Morgan fingerprint density at radius 2 is 1.72 bits per heavy atom. The number of allylic oxidation sites excluding steroid dienone is 2. The zero-order valence-electron chi connectivity index (χ0n) is 23.0. The van der Waals surface area contributed by atoms with E-state index in [0.29, 0.717) is 37.3 Å². The smallest absolute Gasteiger partial charge is 0.374 e. The molecule has 7 nitrogen and oxygen atoms in total. The number of ether oxygens (including phenoxy) is 5. The van der Waals surface area contributed by atoms with Crippen LogP contribution in [0.2, 0.25) is 0 Å². The summed E-state index contributed by atoms with van der Waals surface area (Å²) in [6.45, 7) is 7.68. The first-order chi connectivity index (χ1) is 17.2. The fourth-order valence-corrected chi connectivity index (χ4v) is 8.76. The van der Waals surface area contributed by atoms with Crippen LogP contribution in [0.25, 0.3) is 0 Å². The number of Topliss-reactive ketones (excluding diaryl/α,β-unsaturated/α-hetero) is 1. The molecule has 9 atom stereocenters. The van der Waals surface area contributed by atoms with Crippen molar-refractivity contribution in [1.29, 1.82) is 0 Å². The summed E-state index contributed by atoms with van der Waals surface area (Å²) >= 11 is 0. The van der Waals surface area contributed by atoms with Crippen LogP contribution in [-0.2, 0) is 33.3 Å². The molecule has 0 radical (unpaired) electrons. The first-order valence-electron chi connectivity index (χ1n) is 13.7. The summed E-state index contributed by atoms with van der Waals surface area (Å²) in [4.78, 5) is 24.1. The lowest BCUT2D eigenvalue weighted by Gasteiger charge is -2.63. The molecule has 0 heterocycles. The Hall–Kier alpha value is -1.28. The second-order valence-electron chi connectivity index (χ2n) is 12.2. The van der Waals surface area contributed by atoms with Crippen LogP contribution >= 0.6 is 0 Å². The second-order valence-corrected chi connectivity index (χ2v) is 12.2. The zero-order chi connectivity index (χ0) is 26.1. The van der Waals surface area contributed by atoms with Gasteiger partial charge in [-0.25, -0.2) is 4.79 Å². The highest BCUT2D eigenvalue weighted by Crippen LogP contribution is 2.67. The molecular weight excluding hydrogens is 460 g/mol. The molecule has 0 N–H and O–H groups in total. The minimum absolute atomic E-state index is 0.0215. The van der Waals surface area contributed by atoms with Gasteiger partial charge in [0.15, 0.2) is 0 Å². The van der Waals surface area contributed by atoms with Gasteiger partial charge in [0.1, 0.15) is 13.6 Å². The average Bonchev–Trinajstić information content (AvgIpc) is 3.22. The summed E-state index contributed by atoms with van der Waals surface area (Å²) in [6, 6.07) is 0. The van der Waals surface area contributed by atoms with E-state index in [9.17, 15) is 9.59 Å². The molecule has 4 aliphatic rings. The van der Waals surface area contributed by atoms with Crippen molar-refractivity contribution in [3.63, 3.8) is 0 Å². The Morgan fingerprint density at radius 1 is 1.00 bits per heavy atom. The predicted octanol–water partition coefficient (Wildman–Crippen LogP) is 4.92. The van der Waals surface area contributed by atoms with Crippen molar-refractivity contribution < 1.29 is 33.3 Å². The lowest BCUT2D eigenvalue weighted by atomic mass is 9.43. The maximum absolute atomic E-state index is 12.3. The highest BCUT2D eigenvalue weighted by molar-refractivity contribution is 6.33. The average molecular weight is 507 g/mol. The molecule has 0 aromatic rings. The Morgan fingerprint density at radius 3 is 2.42 bits per heavy atom. The van der Waals surface area contributed by atoms with E-state index in [4.69, 9.17) is 18.9 Å². The van der Waals surface area contributed by atoms with E-state index in [1.165, 1.54) is 19.1 Å². The van der Waals surface area contributed by atoms with Crippen LogP contribution in [0, 0.1) is 40.4 Å². The van der Waals surface area contributed by atoms with Crippen LogP contribution in [0.5, 0.6) is 0 Å². The van der Waals surface area contributed by atoms with Crippen molar-refractivity contribution in [2.75, 3.05) is 34.9 Å². The Balaban J connectivity index is 1.56. The van der Waals surface area contributed by atoms with E-state index < -0.39 is 11.8 Å². The molecule has 3 fully saturated rings. The largest absolute Gasteiger partial charge is 0.463 e. The van der Waals surface area contributed by atoms with E-state index in [1.807, 2.05) is 0 Å². The van der Waals surface area contributed by atoms with Gasteiger partial charge in [-0.2, -0.15) is 0 Å². The number of hydrogen-bond donors (Lipinski definition) is 0. The van der Waals surface area contributed by atoms with Crippen molar-refractivity contribution in [2.24, 2.45) is 40.4 Å². The molecule has 4 rings (SSSR count). The monoisotopic (exact) mass is 506 g/mol. The SMILES string of the molecule is COCO[C@@H]1CC[C@]2(C)C3CC[C@]4(C)C([C@H](C)CC(=O)C(=O)OC)=CC[C@H]4C3[C@H](OCOC)C[C@@H]2C1. The van der Waals surface area contributed by atoms with Crippen LogP contribution in [0.3, 0.4) is 0 Å². The Labute approximate surface area is 216 Å². The van der Waals surface area contributed by atoms with Gasteiger partial charge in [-0.05, 0) is 85.4 Å². The van der Waals surface area contributed by atoms with E-state index in [-0.39, 0.29) is 35.4 Å². The molecule has 7 heteroatoms. The molecule has 4 aliphatic carbocycles. The normalized spacial score (nSPS) is 40.4. The van der Waals surface area contributed by atoms with Crippen LogP contribution < -0.4 is 0 Å². The fourth-order valence-electron chi connectivity index (χ4n) is 8.76. The topological polar surface area (TPSA) is 80.3 Å². The predicted molar refractivity (Wildman–Crippen MR) is 135 cm³/mol. The molecule has 3 saturated carbocycles. The summed E-state index contributed by atoms with van der Waals surface area (Å²) in [5.41, 5.74) is 1.65. The number of ketones is 1. The lowest BCUT2D eigenvalue weighted by molar-refractivity contribution is -0.209. The number of methoxy groups -OCH3 is 3. The van der Waals surface area contributed by atoms with E-state index in [0.717, 1.165) is 38.5 Å². The van der Waals surface area contributed by atoms with Gasteiger partial charge in [0, 0.05) is 20.6 Å². The molecule has 0 spiro atoms. The Bertz CT molecular complexity index is 839. The van der Waals surface area contributed by atoms with E-state index >= 15 is 0 Å². The van der Waals surface area contributed by atoms with Crippen LogP contribution in [0.1, 0.15) is 72.1 Å². The third-order valence-corrected chi connectivity index (χ3v) is 10.5. The minimum Gasteiger partial charge on any atom is -0.463 e. The van der Waals surface area contributed by atoms with Gasteiger partial charge in [0.05, 0.1) is 19.3 Å². The highest BCUT2D eigenvalue weighted by Gasteiger charge is 2.62. The fraction of sp³-hybridized carbons (Fsp3) is 0.862. The van der Waals surface area contributed by atoms with E-state index in [1.54, 1.807) is 14.2 Å². The summed E-state index contributed by atoms with van der Waals surface area (Å²) < 4.78 is 27.7. The van der Waals surface area contributed by atoms with Gasteiger partial charge in [-0.3, -0.25) is 4.79 Å². The zero-order valence-corrected chi connectivity index (χ0v) is 23.0. The first-order valence-corrected chi connectivity index (χ1v) is 13.7. The van der Waals surface area contributed by atoms with Gasteiger partial charge >= 0.3 is 5.97 Å². The van der Waals surface area contributed by atoms with Gasteiger partial charge in [-0.15, -0.1) is 0 Å². The highest BCUT2D eigenvalue weighted by atomic mass is 16.7. The molecule has 0 bridgehead atoms. The van der Waals surface area contributed by atoms with Crippen LogP contribution in [-0.4, -0.2) is 58.9 Å². The van der Waals surface area contributed by atoms with Gasteiger partial charge < -0.3 is 23.7 Å². The van der Waals surface area contributed by atoms with Gasteiger partial charge in [0.25, 0.3) is 0 Å². The maximum Gasteiger partial charge on any atom is 0.374 e. The van der Waals surface area contributed by atoms with Crippen LogP contribution in [0.4, 0.5) is 0 Å². The number of carbonyl (C=O) groups excluding carboxylic acids is 2. The van der Waals surface area contributed by atoms with Crippen molar-refractivity contribution in [3.05, 3.63) is 11.6 Å². The Kier molecular flexibility index (Phi) is 8.65. The summed E-state index contributed by atoms with van der Waals surface area (Å²) in [5, 5.41) is 0. The molecule has 36 heavy (non-hydrogen) atoms. The van der Waals surface area contributed by atoms with Gasteiger partial charge in [0.2, 0.25) is 5.78 Å². The van der Waals surface area contributed by atoms with Crippen LogP contribution in [0.15, 0.2) is 11.6 Å². The van der Waals surface area contributed by atoms with Crippen molar-refractivity contribution >= 4 is 11.8 Å². The molecular formula is C29H46O7. The lowest BCUT2D eigenvalue weighted by Crippen LogP contribution is -2.59. The first kappa shape index (κ1) is 27.7. The van der Waals surface area contributed by atoms with Gasteiger partial charge in [-0.1, -0.05) is 32.4 Å². The maximum atomic E-state index is 12.3.